The molecule has 0 saturated carbocycles. The van der Waals surface area contributed by atoms with E-state index in [0.717, 1.165) is 6.42 Å². The van der Waals surface area contributed by atoms with E-state index < -0.39 is 0 Å². The molecule has 0 fully saturated rings. The molecule has 0 saturated heterocycles. The molecule has 0 bridgehead atoms. The molecule has 0 aliphatic rings. The molecule has 5 nitrogen and oxygen atoms in total. The van der Waals surface area contributed by atoms with E-state index in [1.54, 1.807) is 36.5 Å². The molecule has 1 aromatic carbocycles. The van der Waals surface area contributed by atoms with Crippen molar-refractivity contribution in [3.05, 3.63) is 53.9 Å². The molecule has 1 N–H and O–H groups in total. The number of rotatable bonds is 7. The number of benzene rings is 1. The maximum absolute atomic E-state index is 8.88. The van der Waals surface area contributed by atoms with Crippen LogP contribution in [0.5, 0.6) is 11.5 Å². The van der Waals surface area contributed by atoms with Crippen LogP contribution in [0.15, 0.2) is 42.6 Å². The molecular formula is C16H16N2O3. The van der Waals surface area contributed by atoms with E-state index in [9.17, 15) is 0 Å². The minimum Gasteiger partial charge on any atom is -0.493 e. The molecule has 2 aromatic rings. The Morgan fingerprint density at radius 2 is 1.90 bits per heavy atom. The highest BCUT2D eigenvalue weighted by atomic mass is 16.5. The molecule has 21 heavy (non-hydrogen) atoms. The zero-order chi connectivity index (χ0) is 14.9. The molecule has 0 atom stereocenters. The fourth-order valence-electron chi connectivity index (χ4n) is 1.68. The van der Waals surface area contributed by atoms with Crippen molar-refractivity contribution < 1.29 is 14.6 Å². The van der Waals surface area contributed by atoms with E-state index in [-0.39, 0.29) is 6.61 Å². The van der Waals surface area contributed by atoms with Crippen molar-refractivity contribution in [1.29, 1.82) is 5.26 Å². The number of aromatic nitrogens is 1. The average Bonchev–Trinajstić information content (AvgIpc) is 2.55. The van der Waals surface area contributed by atoms with Crippen molar-refractivity contribution in [2.45, 2.75) is 13.0 Å². The van der Waals surface area contributed by atoms with Crippen LogP contribution in [0.4, 0.5) is 0 Å². The number of pyridine rings is 1. The molecular weight excluding hydrogens is 268 g/mol. The Labute approximate surface area is 123 Å². The van der Waals surface area contributed by atoms with Crippen LogP contribution in [-0.2, 0) is 6.61 Å². The van der Waals surface area contributed by atoms with Crippen LogP contribution in [0.1, 0.15) is 17.7 Å². The Morgan fingerprint density at radius 3 is 2.57 bits per heavy atom. The van der Waals surface area contributed by atoms with Crippen LogP contribution < -0.4 is 9.47 Å². The van der Waals surface area contributed by atoms with Crippen molar-refractivity contribution in [2.75, 3.05) is 13.2 Å². The van der Waals surface area contributed by atoms with E-state index in [2.05, 4.69) is 11.1 Å². The summed E-state index contributed by atoms with van der Waals surface area (Å²) in [6.45, 7) is 0.949. The maximum atomic E-state index is 8.88. The molecule has 0 aliphatic carbocycles. The van der Waals surface area contributed by atoms with Gasteiger partial charge in [-0.2, -0.15) is 5.26 Å². The summed E-state index contributed by atoms with van der Waals surface area (Å²) in [6.07, 6.45) is 2.31. The van der Waals surface area contributed by atoms with Crippen LogP contribution in [-0.4, -0.2) is 23.3 Å². The lowest BCUT2D eigenvalue weighted by atomic mass is 10.2. The first-order valence-corrected chi connectivity index (χ1v) is 6.63. The molecule has 0 amide bonds. The van der Waals surface area contributed by atoms with Crippen LogP contribution >= 0.6 is 0 Å². The number of nitrogens with zero attached hydrogens (tertiary/aromatic N) is 2. The van der Waals surface area contributed by atoms with Crippen molar-refractivity contribution in [1.82, 2.24) is 4.98 Å². The van der Waals surface area contributed by atoms with E-state index in [4.69, 9.17) is 19.8 Å². The van der Waals surface area contributed by atoms with Crippen LogP contribution in [0.25, 0.3) is 0 Å². The van der Waals surface area contributed by atoms with Gasteiger partial charge in [-0.1, -0.05) is 6.07 Å². The maximum Gasteiger partial charge on any atom is 0.137 e. The smallest absolute Gasteiger partial charge is 0.137 e. The summed E-state index contributed by atoms with van der Waals surface area (Å²) in [5, 5.41) is 17.7. The van der Waals surface area contributed by atoms with Crippen molar-refractivity contribution in [3.63, 3.8) is 0 Å². The monoisotopic (exact) mass is 284 g/mol. The van der Waals surface area contributed by atoms with Gasteiger partial charge in [-0.15, -0.1) is 0 Å². The van der Waals surface area contributed by atoms with Gasteiger partial charge in [0.25, 0.3) is 0 Å². The summed E-state index contributed by atoms with van der Waals surface area (Å²) in [4.78, 5) is 4.03. The Morgan fingerprint density at radius 1 is 1.10 bits per heavy atom. The number of aliphatic hydroxyl groups is 1. The van der Waals surface area contributed by atoms with Gasteiger partial charge >= 0.3 is 0 Å². The van der Waals surface area contributed by atoms with Gasteiger partial charge < -0.3 is 14.6 Å². The molecule has 108 valence electrons. The van der Waals surface area contributed by atoms with Crippen LogP contribution in [0, 0.1) is 11.3 Å². The minimum atomic E-state index is -0.0735. The van der Waals surface area contributed by atoms with Gasteiger partial charge in [0.2, 0.25) is 0 Å². The van der Waals surface area contributed by atoms with Gasteiger partial charge in [-0.25, -0.2) is 0 Å². The molecule has 5 heteroatoms. The first-order valence-electron chi connectivity index (χ1n) is 6.63. The number of aliphatic hydroxyl groups excluding tert-OH is 1. The minimum absolute atomic E-state index is 0.0735. The topological polar surface area (TPSA) is 75.4 Å². The Hall–Kier alpha value is -2.58. The molecule has 0 unspecified atom stereocenters. The Balaban J connectivity index is 1.68. The summed E-state index contributed by atoms with van der Waals surface area (Å²) in [5.74, 6) is 1.35. The predicted octanol–water partition coefficient (Wildman–Crippen LogP) is 2.29. The lowest BCUT2D eigenvalue weighted by molar-refractivity contribution is 0.246. The fourth-order valence-corrected chi connectivity index (χ4v) is 1.68. The Kier molecular flexibility index (Phi) is 5.56. The van der Waals surface area contributed by atoms with Gasteiger partial charge in [-0.3, -0.25) is 4.98 Å². The summed E-state index contributed by atoms with van der Waals surface area (Å²) in [7, 11) is 0. The molecule has 0 aliphatic heterocycles. The van der Waals surface area contributed by atoms with Crippen molar-refractivity contribution in [2.24, 2.45) is 0 Å². The first-order chi connectivity index (χ1) is 10.3. The largest absolute Gasteiger partial charge is 0.493 e. The lowest BCUT2D eigenvalue weighted by Crippen LogP contribution is -2.05. The number of hydrogen-bond acceptors (Lipinski definition) is 5. The highest BCUT2D eigenvalue weighted by Crippen LogP contribution is 2.13. The lowest BCUT2D eigenvalue weighted by Gasteiger charge is -2.08. The third kappa shape index (κ3) is 4.79. The standard InChI is InChI=1S/C16H16N2O3/c17-10-13-3-1-4-15(9-13)20-7-2-8-21-16-6-5-14(12-19)18-11-16/h1,3-6,9,11,19H,2,7-8,12H2. The van der Waals surface area contributed by atoms with Gasteiger partial charge in [0, 0.05) is 6.42 Å². The normalized spacial score (nSPS) is 9.90. The second-order valence-electron chi connectivity index (χ2n) is 4.33. The molecule has 0 radical (unpaired) electrons. The van der Waals surface area contributed by atoms with Crippen molar-refractivity contribution >= 4 is 0 Å². The second kappa shape index (κ2) is 7.88. The van der Waals surface area contributed by atoms with Crippen molar-refractivity contribution in [3.8, 4) is 17.6 Å². The van der Waals surface area contributed by atoms with E-state index in [1.165, 1.54) is 0 Å². The van der Waals surface area contributed by atoms with Crippen LogP contribution in [0.3, 0.4) is 0 Å². The second-order valence-corrected chi connectivity index (χ2v) is 4.33. The number of hydrogen-bond donors (Lipinski definition) is 1. The summed E-state index contributed by atoms with van der Waals surface area (Å²) in [6, 6.07) is 12.6. The third-order valence-corrected chi connectivity index (χ3v) is 2.75. The average molecular weight is 284 g/mol. The zero-order valence-corrected chi connectivity index (χ0v) is 11.5. The van der Waals surface area contributed by atoms with Gasteiger partial charge in [-0.05, 0) is 30.3 Å². The third-order valence-electron chi connectivity index (χ3n) is 2.75. The molecule has 2 rings (SSSR count). The van der Waals surface area contributed by atoms with E-state index in [1.807, 2.05) is 6.07 Å². The van der Waals surface area contributed by atoms with E-state index >= 15 is 0 Å². The summed E-state index contributed by atoms with van der Waals surface area (Å²) >= 11 is 0. The summed E-state index contributed by atoms with van der Waals surface area (Å²) in [5.41, 5.74) is 1.20. The quantitative estimate of drug-likeness (QED) is 0.789. The van der Waals surface area contributed by atoms with Gasteiger partial charge in [0.15, 0.2) is 0 Å². The first kappa shape index (κ1) is 14.8. The molecule has 1 aromatic heterocycles. The number of nitriles is 1. The fraction of sp³-hybridized carbons (Fsp3) is 0.250. The predicted molar refractivity (Wildman–Crippen MR) is 76.9 cm³/mol. The van der Waals surface area contributed by atoms with Crippen LogP contribution in [0.2, 0.25) is 0 Å². The van der Waals surface area contributed by atoms with Gasteiger partial charge in [0.05, 0.1) is 43.3 Å². The van der Waals surface area contributed by atoms with Gasteiger partial charge in [0.1, 0.15) is 11.5 Å². The summed E-state index contributed by atoms with van der Waals surface area (Å²) < 4.78 is 11.1. The highest BCUT2D eigenvalue weighted by Gasteiger charge is 1.98. The molecule has 0 spiro atoms. The SMILES string of the molecule is N#Cc1cccc(OCCCOc2ccc(CO)nc2)c1. The zero-order valence-electron chi connectivity index (χ0n) is 11.5. The number of ether oxygens (including phenoxy) is 2. The van der Waals surface area contributed by atoms with E-state index in [0.29, 0.717) is 36.0 Å². The highest BCUT2D eigenvalue weighted by molar-refractivity contribution is 5.36. The molecule has 1 heterocycles. The Bertz CT molecular complexity index is 606.